The van der Waals surface area contributed by atoms with Gasteiger partial charge in [-0.3, -0.25) is 4.79 Å². The first kappa shape index (κ1) is 17.4. The van der Waals surface area contributed by atoms with Crippen LogP contribution in [0, 0.1) is 6.92 Å². The van der Waals surface area contributed by atoms with Crippen molar-refractivity contribution in [1.29, 1.82) is 0 Å². The molecule has 3 aliphatic rings. The molecule has 7 heteroatoms. The summed E-state index contributed by atoms with van der Waals surface area (Å²) in [6, 6.07) is 5.99. The summed E-state index contributed by atoms with van der Waals surface area (Å²) in [5.41, 5.74) is 3.59. The first-order chi connectivity index (χ1) is 13.5. The Kier molecular flexibility index (Phi) is 4.01. The van der Waals surface area contributed by atoms with Crippen LogP contribution in [-0.2, 0) is 14.9 Å². The molecule has 1 amide bonds. The van der Waals surface area contributed by atoms with Crippen molar-refractivity contribution in [3.8, 4) is 5.88 Å². The van der Waals surface area contributed by atoms with Gasteiger partial charge >= 0.3 is 0 Å². The summed E-state index contributed by atoms with van der Waals surface area (Å²) in [4.78, 5) is 22.9. The van der Waals surface area contributed by atoms with E-state index < -0.39 is 0 Å². The van der Waals surface area contributed by atoms with E-state index in [1.54, 1.807) is 0 Å². The summed E-state index contributed by atoms with van der Waals surface area (Å²) < 4.78 is 11.3. The lowest BCUT2D eigenvalue weighted by Crippen LogP contribution is -2.32. The van der Waals surface area contributed by atoms with Gasteiger partial charge < -0.3 is 19.7 Å². The second-order valence-electron chi connectivity index (χ2n) is 8.07. The highest BCUT2D eigenvalue weighted by molar-refractivity contribution is 5.89. The van der Waals surface area contributed by atoms with Crippen LogP contribution in [0.2, 0.25) is 0 Å². The Morgan fingerprint density at radius 1 is 1.39 bits per heavy atom. The Morgan fingerprint density at radius 2 is 2.21 bits per heavy atom. The minimum atomic E-state index is -0.124. The van der Waals surface area contributed by atoms with Gasteiger partial charge in [0.05, 0.1) is 11.8 Å². The molecule has 1 saturated carbocycles. The average molecular weight is 380 g/mol. The van der Waals surface area contributed by atoms with Crippen LogP contribution in [-0.4, -0.2) is 41.7 Å². The van der Waals surface area contributed by atoms with Crippen LogP contribution in [0.3, 0.4) is 0 Å². The lowest BCUT2D eigenvalue weighted by Gasteiger charge is -2.26. The molecule has 1 aliphatic carbocycles. The van der Waals surface area contributed by atoms with Crippen molar-refractivity contribution in [3.63, 3.8) is 0 Å². The number of anilines is 3. The highest BCUT2D eigenvalue weighted by atomic mass is 16.5. The maximum Gasteiger partial charge on any atom is 0.222 e. The van der Waals surface area contributed by atoms with Gasteiger partial charge in [0, 0.05) is 55.8 Å². The predicted octanol–water partition coefficient (Wildman–Crippen LogP) is 3.09. The van der Waals surface area contributed by atoms with E-state index >= 15 is 0 Å². The molecular weight excluding hydrogens is 356 g/mol. The van der Waals surface area contributed by atoms with Gasteiger partial charge in [-0.1, -0.05) is 0 Å². The van der Waals surface area contributed by atoms with Crippen LogP contribution in [0.15, 0.2) is 24.4 Å². The van der Waals surface area contributed by atoms with Crippen molar-refractivity contribution < 1.29 is 14.3 Å². The number of rotatable bonds is 5. The third-order valence-electron chi connectivity index (χ3n) is 5.78. The normalized spacial score (nSPS) is 21.2. The minimum absolute atomic E-state index is 0.124. The Balaban J connectivity index is 1.46. The quantitative estimate of drug-likeness (QED) is 0.859. The van der Waals surface area contributed by atoms with Crippen molar-refractivity contribution >= 4 is 23.2 Å². The van der Waals surface area contributed by atoms with Gasteiger partial charge in [0.25, 0.3) is 0 Å². The molecule has 4 heterocycles. The molecule has 2 aromatic rings. The summed E-state index contributed by atoms with van der Waals surface area (Å²) in [6.07, 6.45) is 5.45. The molecule has 0 bridgehead atoms. The zero-order valence-electron chi connectivity index (χ0n) is 16.2. The molecule has 1 atom stereocenters. The third-order valence-corrected chi connectivity index (χ3v) is 5.78. The number of fused-ring (bicyclic) bond motifs is 2. The van der Waals surface area contributed by atoms with Crippen LogP contribution >= 0.6 is 0 Å². The number of nitrogens with one attached hydrogen (secondary N) is 1. The molecule has 28 heavy (non-hydrogen) atoms. The molecule has 1 N–H and O–H groups in total. The lowest BCUT2D eigenvalue weighted by atomic mass is 10.0. The molecule has 2 aromatic heterocycles. The molecule has 1 unspecified atom stereocenters. The number of aryl methyl sites for hydroxylation is 1. The van der Waals surface area contributed by atoms with Crippen LogP contribution < -0.4 is 15.0 Å². The van der Waals surface area contributed by atoms with Gasteiger partial charge in [0.1, 0.15) is 18.2 Å². The predicted molar refractivity (Wildman–Crippen MR) is 105 cm³/mol. The van der Waals surface area contributed by atoms with E-state index in [2.05, 4.69) is 28.2 Å². The number of carbonyl (C=O) groups is 1. The number of pyridine rings is 2. The van der Waals surface area contributed by atoms with Gasteiger partial charge in [-0.05, 0) is 31.4 Å². The molecule has 1 saturated heterocycles. The van der Waals surface area contributed by atoms with Gasteiger partial charge in [0.2, 0.25) is 11.8 Å². The van der Waals surface area contributed by atoms with Crippen molar-refractivity contribution in [2.45, 2.75) is 44.6 Å². The summed E-state index contributed by atoms with van der Waals surface area (Å²) in [5, 5.41) is 2.79. The topological polar surface area (TPSA) is 76.6 Å². The largest absolute Gasteiger partial charge is 0.475 e. The number of hydrogen-bond donors (Lipinski definition) is 1. The first-order valence-corrected chi connectivity index (χ1v) is 9.81. The van der Waals surface area contributed by atoms with Crippen LogP contribution in [0.5, 0.6) is 5.88 Å². The van der Waals surface area contributed by atoms with Crippen LogP contribution in [0.25, 0.3) is 0 Å². The smallest absolute Gasteiger partial charge is 0.222 e. The molecule has 0 radical (unpaired) electrons. The van der Waals surface area contributed by atoms with E-state index in [4.69, 9.17) is 14.5 Å². The summed E-state index contributed by atoms with van der Waals surface area (Å²) >= 11 is 0. The Morgan fingerprint density at radius 3 is 2.89 bits per heavy atom. The number of amides is 1. The summed E-state index contributed by atoms with van der Waals surface area (Å²) in [6.45, 7) is 5.78. The zero-order valence-corrected chi connectivity index (χ0v) is 16.2. The van der Waals surface area contributed by atoms with E-state index in [1.165, 1.54) is 12.5 Å². The van der Waals surface area contributed by atoms with Crippen molar-refractivity contribution in [1.82, 2.24) is 9.97 Å². The number of carbonyl (C=O) groups excluding carboxylic acids is 1. The SMILES string of the molecule is CC(=O)Nc1cc2c(cn1)C1(CC1)CN2c1cc(C)cc(OCC2CCO2)n1. The van der Waals surface area contributed by atoms with Crippen molar-refractivity contribution in [2.75, 3.05) is 30.0 Å². The van der Waals surface area contributed by atoms with Crippen molar-refractivity contribution in [3.05, 3.63) is 35.5 Å². The number of ether oxygens (including phenoxy) is 2. The average Bonchev–Trinajstić information content (AvgIpc) is 3.30. The second kappa shape index (κ2) is 6.44. The second-order valence-corrected chi connectivity index (χ2v) is 8.07. The van der Waals surface area contributed by atoms with E-state index in [1.807, 2.05) is 18.3 Å². The molecule has 2 fully saturated rings. The Hall–Kier alpha value is -2.67. The molecular formula is C21H24N4O3. The molecule has 146 valence electrons. The Bertz CT molecular complexity index is 937. The first-order valence-electron chi connectivity index (χ1n) is 9.81. The van der Waals surface area contributed by atoms with Gasteiger partial charge in [-0.15, -0.1) is 0 Å². The molecule has 5 rings (SSSR count). The summed E-state index contributed by atoms with van der Waals surface area (Å²) in [5.74, 6) is 1.94. The fraction of sp³-hybridized carbons (Fsp3) is 0.476. The standard InChI is InChI=1S/C21H24N4O3/c1-13-7-19(24-20(8-13)28-11-15-3-6-27-15)25-12-21(4-5-21)16-10-22-18(9-17(16)25)23-14(2)26/h7-10,15H,3-6,11-12H2,1-2H3,(H,22,23,26). The fourth-order valence-electron chi connectivity index (χ4n) is 4.01. The maximum atomic E-state index is 11.4. The molecule has 2 aliphatic heterocycles. The lowest BCUT2D eigenvalue weighted by molar-refractivity contribution is -0.114. The number of nitrogens with zero attached hydrogens (tertiary/aromatic N) is 3. The van der Waals surface area contributed by atoms with Gasteiger partial charge in [-0.2, -0.15) is 4.98 Å². The van der Waals surface area contributed by atoms with Gasteiger partial charge in [0.15, 0.2) is 0 Å². The van der Waals surface area contributed by atoms with E-state index in [9.17, 15) is 4.79 Å². The maximum absolute atomic E-state index is 11.4. The van der Waals surface area contributed by atoms with Crippen LogP contribution in [0.1, 0.15) is 37.3 Å². The molecule has 1 spiro atoms. The number of hydrogen-bond acceptors (Lipinski definition) is 6. The molecule has 0 aromatic carbocycles. The summed E-state index contributed by atoms with van der Waals surface area (Å²) in [7, 11) is 0. The highest BCUT2D eigenvalue weighted by Crippen LogP contribution is 2.58. The zero-order chi connectivity index (χ0) is 19.3. The van der Waals surface area contributed by atoms with Crippen LogP contribution in [0.4, 0.5) is 17.3 Å². The fourth-order valence-corrected chi connectivity index (χ4v) is 4.01. The van der Waals surface area contributed by atoms with Crippen molar-refractivity contribution in [2.24, 2.45) is 0 Å². The molecule has 7 nitrogen and oxygen atoms in total. The Labute approximate surface area is 164 Å². The monoisotopic (exact) mass is 380 g/mol. The van der Waals surface area contributed by atoms with E-state index in [0.717, 1.165) is 49.5 Å². The van der Waals surface area contributed by atoms with Gasteiger partial charge in [-0.25, -0.2) is 4.98 Å². The highest BCUT2D eigenvalue weighted by Gasteiger charge is 2.52. The minimum Gasteiger partial charge on any atom is -0.475 e. The number of aromatic nitrogens is 2. The van der Waals surface area contributed by atoms with E-state index in [-0.39, 0.29) is 17.4 Å². The van der Waals surface area contributed by atoms with E-state index in [0.29, 0.717) is 18.3 Å². The third kappa shape index (κ3) is 3.09.